The topological polar surface area (TPSA) is 297 Å². The Morgan fingerprint density at radius 1 is 0.478 bits per heavy atom. The minimum Gasteiger partial charge on any atom is -0.390 e. The van der Waals surface area contributed by atoms with E-state index in [0.717, 1.165) is 21.1 Å². The van der Waals surface area contributed by atoms with Crippen LogP contribution in [0.4, 0.5) is 0 Å². The molecule has 0 aromatic heterocycles. The van der Waals surface area contributed by atoms with Gasteiger partial charge in [0.25, 0.3) is 0 Å². The highest BCUT2D eigenvalue weighted by molar-refractivity contribution is 6.00. The van der Waals surface area contributed by atoms with Gasteiger partial charge in [-0.3, -0.25) is 52.7 Å². The minimum absolute atomic E-state index is 0.00326. The van der Waals surface area contributed by atoms with Crippen molar-refractivity contribution in [2.24, 2.45) is 35.5 Å². The maximum Gasteiger partial charge on any atom is 0.246 e. The van der Waals surface area contributed by atoms with Gasteiger partial charge in [0, 0.05) is 62.9 Å². The number of methoxy groups -OCH3 is 1. The normalized spacial score (nSPS) is 27.0. The molecule has 0 aromatic carbocycles. The van der Waals surface area contributed by atoms with Gasteiger partial charge in [-0.25, -0.2) is 0 Å². The van der Waals surface area contributed by atoms with Crippen LogP contribution in [0.15, 0.2) is 0 Å². The van der Waals surface area contributed by atoms with Gasteiger partial charge in [0.15, 0.2) is 0 Å². The molecule has 0 aliphatic carbocycles. The van der Waals surface area contributed by atoms with E-state index in [1.807, 2.05) is 48.5 Å². The Labute approximate surface area is 538 Å². The van der Waals surface area contributed by atoms with Crippen LogP contribution in [-0.2, 0) is 62.2 Å². The number of rotatable bonds is 19. The molecule has 0 saturated carbocycles. The Morgan fingerprint density at radius 3 is 1.39 bits per heavy atom. The minimum atomic E-state index is -1.61. The summed E-state index contributed by atoms with van der Waals surface area (Å²) >= 11 is 0. The molecule has 0 unspecified atom stereocenters. The van der Waals surface area contributed by atoms with E-state index < -0.39 is 161 Å². The van der Waals surface area contributed by atoms with Crippen LogP contribution in [0.5, 0.6) is 0 Å². The number of ether oxygens (including phenoxy) is 2. The Bertz CT molecular complexity index is 2420. The molecule has 0 spiro atoms. The Kier molecular flexibility index (Phi) is 33.7. The van der Waals surface area contributed by atoms with Crippen molar-refractivity contribution in [2.75, 3.05) is 63.2 Å². The van der Waals surface area contributed by atoms with Crippen LogP contribution in [0.3, 0.4) is 0 Å². The molecule has 25 nitrogen and oxygen atoms in total. The zero-order valence-corrected chi connectivity index (χ0v) is 59.6. The molecule has 1 rings (SSSR count). The average molecular weight is 1280 g/mol. The van der Waals surface area contributed by atoms with Gasteiger partial charge in [0.2, 0.25) is 65.0 Å². The molecule has 1 aliphatic rings. The number of hydrogen-bond donors (Lipinski definition) is 5. The first-order chi connectivity index (χ1) is 41.5. The number of nitrogens with zero attached hydrogens (tertiary/aromatic N) is 7. The van der Waals surface area contributed by atoms with E-state index in [4.69, 9.17) is 9.47 Å². The van der Waals surface area contributed by atoms with Gasteiger partial charge < -0.3 is 70.1 Å². The van der Waals surface area contributed by atoms with Gasteiger partial charge in [0.05, 0.1) is 11.7 Å². The highest BCUT2D eigenvalue weighted by Gasteiger charge is 2.46. The summed E-state index contributed by atoms with van der Waals surface area (Å²) in [4.78, 5) is 171. The summed E-state index contributed by atoms with van der Waals surface area (Å²) in [5.41, 5.74) is -1.13. The fourth-order valence-corrected chi connectivity index (χ4v) is 11.4. The summed E-state index contributed by atoms with van der Waals surface area (Å²) in [5.74, 6) is -9.92. The van der Waals surface area contributed by atoms with Gasteiger partial charge in [-0.15, -0.1) is 0 Å². The molecule has 5 N–H and O–H groups in total. The second-order valence-corrected chi connectivity index (χ2v) is 27.7. The monoisotopic (exact) mass is 1280 g/mol. The molecule has 1 fully saturated rings. The van der Waals surface area contributed by atoms with Gasteiger partial charge in [-0.1, -0.05) is 103 Å². The summed E-state index contributed by atoms with van der Waals surface area (Å²) in [7, 11) is 11.3. The van der Waals surface area contributed by atoms with Gasteiger partial charge in [-0.2, -0.15) is 0 Å². The SMILES string of the molecule is CCCC[C@@H](C)[C@@H](O)[C@H]1C(=O)N[C@@H](CC)C(=O)N(C)[C@H](C)C(=O)N(C)[C@@H](CC(C)(C)OCOC)C(=O)N[C@@H](C(C)C)C(=O)N(C)[C@@H](CC(C)C)C(=O)N[C@@H](C)C(=O)N[C@H](C)C(=O)N(C)[C@@H](CC(C)C)C(=O)N(C)[C@@H](CC(C)C)C(=O)N(C)[C@@H](C(C)C)C(=O)N1C. The number of hydrogen-bond acceptors (Lipinski definition) is 14. The molecule has 13 atom stereocenters. The van der Waals surface area contributed by atoms with Crippen molar-refractivity contribution in [1.29, 1.82) is 0 Å². The maximum atomic E-state index is 15.2. The smallest absolute Gasteiger partial charge is 0.246 e. The van der Waals surface area contributed by atoms with Crippen LogP contribution in [0.2, 0.25) is 0 Å². The van der Waals surface area contributed by atoms with E-state index >= 15 is 14.4 Å². The first kappa shape index (κ1) is 82.1. The Morgan fingerprint density at radius 2 is 0.922 bits per heavy atom. The lowest BCUT2D eigenvalue weighted by molar-refractivity contribution is -0.157. The molecule has 0 bridgehead atoms. The van der Waals surface area contributed by atoms with E-state index in [-0.39, 0.29) is 56.7 Å². The zero-order valence-electron chi connectivity index (χ0n) is 59.6. The first-order valence-corrected chi connectivity index (χ1v) is 32.4. The number of likely N-dealkylation sites (N-methyl/N-ethyl adjacent to an activating group) is 7. The Hall–Kier alpha value is -5.95. The molecular formula is C65H119N11O14. The molecule has 1 aliphatic heterocycles. The van der Waals surface area contributed by atoms with Crippen molar-refractivity contribution in [2.45, 2.75) is 254 Å². The predicted octanol–water partition coefficient (Wildman–Crippen LogP) is 3.62. The lowest BCUT2D eigenvalue weighted by atomic mass is 9.90. The molecule has 25 heteroatoms. The van der Waals surface area contributed by atoms with Crippen molar-refractivity contribution < 1.29 is 67.3 Å². The van der Waals surface area contributed by atoms with E-state index in [2.05, 4.69) is 21.3 Å². The van der Waals surface area contributed by atoms with Crippen LogP contribution in [0, 0.1) is 35.5 Å². The first-order valence-electron chi connectivity index (χ1n) is 32.4. The van der Waals surface area contributed by atoms with Crippen LogP contribution < -0.4 is 21.3 Å². The number of aliphatic hydroxyl groups excluding tert-OH is 1. The standard InChI is InChI=1S/C65H119N11O14/c1-27-29-30-41(13)53(77)52-57(81)68-45(28-2)60(84)70(19)44(16)59(83)74(23)49(34-65(17,18)90-35-89-26)56(80)69-50(39(9)10)63(87)71(20)46(31-36(3)4)55(79)66-42(14)54(78)67-43(15)58(82)72(21)47(32-37(5)6)61(85)73(22)48(33-38(7)8)62(86)75(24)51(40(11)12)64(88)76(52)25/h36-53,77H,27-35H2,1-26H3,(H,66,79)(H,67,78)(H,68,81)(H,69,80)/t41-,42+,43-,44-,45+,46+,47+,48+,49+,50+,51+,52+,53-/m1/s1. The number of unbranched alkanes of at least 4 members (excludes halogenated alkanes) is 1. The van der Waals surface area contributed by atoms with Crippen molar-refractivity contribution in [3.63, 3.8) is 0 Å². The third kappa shape index (κ3) is 22.7. The highest BCUT2D eigenvalue weighted by atomic mass is 16.7. The van der Waals surface area contributed by atoms with E-state index in [0.29, 0.717) is 12.8 Å². The number of carbonyl (C=O) groups excluding carboxylic acids is 11. The summed E-state index contributed by atoms with van der Waals surface area (Å²) < 4.78 is 11.1. The molecule has 1 saturated heterocycles. The summed E-state index contributed by atoms with van der Waals surface area (Å²) in [5, 5.41) is 23.2. The van der Waals surface area contributed by atoms with Crippen molar-refractivity contribution >= 4 is 65.0 Å². The molecule has 1 heterocycles. The van der Waals surface area contributed by atoms with E-state index in [9.17, 15) is 43.5 Å². The van der Waals surface area contributed by atoms with Crippen molar-refractivity contribution in [3.8, 4) is 0 Å². The maximum absolute atomic E-state index is 15.2. The number of aliphatic hydroxyl groups is 1. The van der Waals surface area contributed by atoms with Gasteiger partial charge in [0.1, 0.15) is 73.3 Å². The molecule has 0 aromatic rings. The molecule has 0 radical (unpaired) electrons. The zero-order chi connectivity index (χ0) is 69.9. The van der Waals surface area contributed by atoms with Crippen LogP contribution >= 0.6 is 0 Å². The largest absolute Gasteiger partial charge is 0.390 e. The van der Waals surface area contributed by atoms with Crippen LogP contribution in [-0.4, -0.2) is 246 Å². The van der Waals surface area contributed by atoms with Crippen LogP contribution in [0.25, 0.3) is 0 Å². The lowest BCUT2D eigenvalue weighted by Crippen LogP contribution is -2.64. The number of nitrogens with one attached hydrogen (secondary N) is 4. The van der Waals surface area contributed by atoms with Crippen molar-refractivity contribution in [3.05, 3.63) is 0 Å². The molecule has 11 amide bonds. The van der Waals surface area contributed by atoms with Gasteiger partial charge in [-0.05, 0) is 102 Å². The lowest BCUT2D eigenvalue weighted by Gasteiger charge is -2.41. The molecule has 518 valence electrons. The highest BCUT2D eigenvalue weighted by Crippen LogP contribution is 2.27. The second-order valence-electron chi connectivity index (χ2n) is 27.7. The Balaban J connectivity index is 4.45. The summed E-state index contributed by atoms with van der Waals surface area (Å²) in [6.07, 6.45) is 0.727. The van der Waals surface area contributed by atoms with Crippen molar-refractivity contribution in [1.82, 2.24) is 55.6 Å². The fourth-order valence-electron chi connectivity index (χ4n) is 11.4. The second kappa shape index (κ2) is 36.9. The fraction of sp³-hybridized carbons (Fsp3) is 0.831. The quantitative estimate of drug-likeness (QED) is 0.116. The average Bonchev–Trinajstić information content (AvgIpc) is 1.65. The number of carbonyl (C=O) groups is 11. The molecular weight excluding hydrogens is 1160 g/mol. The summed E-state index contributed by atoms with van der Waals surface area (Å²) in [6.45, 7) is 31.0. The molecule has 90 heavy (non-hydrogen) atoms. The third-order valence-electron chi connectivity index (χ3n) is 17.4. The predicted molar refractivity (Wildman–Crippen MR) is 345 cm³/mol. The van der Waals surface area contributed by atoms with E-state index in [1.165, 1.54) is 96.8 Å². The number of amides is 11. The summed E-state index contributed by atoms with van der Waals surface area (Å²) in [6, 6.07) is -14.1. The van der Waals surface area contributed by atoms with E-state index in [1.54, 1.807) is 55.4 Å². The van der Waals surface area contributed by atoms with Crippen LogP contribution in [0.1, 0.15) is 176 Å². The third-order valence-corrected chi connectivity index (χ3v) is 17.4. The van der Waals surface area contributed by atoms with Gasteiger partial charge >= 0.3 is 0 Å².